The van der Waals surface area contributed by atoms with Crippen LogP contribution >= 0.6 is 0 Å². The molecule has 1 aromatic rings. The van der Waals surface area contributed by atoms with Crippen LogP contribution in [-0.4, -0.2) is 25.7 Å². The molecule has 0 atom stereocenters. The van der Waals surface area contributed by atoms with Gasteiger partial charge >= 0.3 is 5.97 Å². The molecule has 2 heterocycles. The standard InChI is InChI=1S/C12H15NO3/c1-2-15-12(14)11-10(5-8-16-11)9-3-6-13-7-4-9/h3,5,8,13H,2,4,6-7H2,1H3. The third-order valence-corrected chi connectivity index (χ3v) is 2.54. The quantitative estimate of drug-likeness (QED) is 0.791. The number of ether oxygens (including phenoxy) is 1. The summed E-state index contributed by atoms with van der Waals surface area (Å²) in [6.45, 7) is 3.91. The first-order valence-corrected chi connectivity index (χ1v) is 5.47. The van der Waals surface area contributed by atoms with Gasteiger partial charge in [-0.05, 0) is 31.5 Å². The van der Waals surface area contributed by atoms with Crippen LogP contribution in [-0.2, 0) is 4.74 Å². The Hall–Kier alpha value is -1.55. The molecule has 0 radical (unpaired) electrons. The normalized spacial score (nSPS) is 15.7. The van der Waals surface area contributed by atoms with E-state index < -0.39 is 0 Å². The highest BCUT2D eigenvalue weighted by molar-refractivity contribution is 5.92. The Morgan fingerprint density at radius 2 is 2.50 bits per heavy atom. The van der Waals surface area contributed by atoms with Crippen molar-refractivity contribution >= 4 is 11.5 Å². The predicted molar refractivity (Wildman–Crippen MR) is 60.1 cm³/mol. The second-order valence-corrected chi connectivity index (χ2v) is 3.57. The van der Waals surface area contributed by atoms with E-state index in [0.29, 0.717) is 12.4 Å². The summed E-state index contributed by atoms with van der Waals surface area (Å²) in [6, 6.07) is 1.82. The molecule has 86 valence electrons. The summed E-state index contributed by atoms with van der Waals surface area (Å²) in [6.07, 6.45) is 4.52. The van der Waals surface area contributed by atoms with Crippen LogP contribution in [0.5, 0.6) is 0 Å². The monoisotopic (exact) mass is 221 g/mol. The summed E-state index contributed by atoms with van der Waals surface area (Å²) in [5.74, 6) is -0.0723. The van der Waals surface area contributed by atoms with Gasteiger partial charge in [-0.3, -0.25) is 0 Å². The number of carbonyl (C=O) groups excluding carboxylic acids is 1. The Labute approximate surface area is 94.3 Å². The second-order valence-electron chi connectivity index (χ2n) is 3.57. The number of hydrogen-bond acceptors (Lipinski definition) is 4. The van der Waals surface area contributed by atoms with Gasteiger partial charge in [-0.2, -0.15) is 0 Å². The summed E-state index contributed by atoms with van der Waals surface area (Å²) in [5, 5.41) is 3.23. The van der Waals surface area contributed by atoms with E-state index in [0.717, 1.165) is 30.6 Å². The van der Waals surface area contributed by atoms with Gasteiger partial charge in [0.15, 0.2) is 0 Å². The number of furan rings is 1. The van der Waals surface area contributed by atoms with Crippen LogP contribution in [0.2, 0.25) is 0 Å². The zero-order valence-electron chi connectivity index (χ0n) is 9.29. The molecule has 1 N–H and O–H groups in total. The lowest BCUT2D eigenvalue weighted by Crippen LogP contribution is -2.20. The zero-order valence-corrected chi connectivity index (χ0v) is 9.29. The van der Waals surface area contributed by atoms with E-state index in [1.54, 1.807) is 6.92 Å². The summed E-state index contributed by atoms with van der Waals surface area (Å²) in [5.41, 5.74) is 2.01. The Morgan fingerprint density at radius 3 is 3.19 bits per heavy atom. The molecule has 0 saturated carbocycles. The van der Waals surface area contributed by atoms with Crippen LogP contribution in [0, 0.1) is 0 Å². The number of rotatable bonds is 3. The van der Waals surface area contributed by atoms with Crippen molar-refractivity contribution in [2.75, 3.05) is 19.7 Å². The molecule has 0 aromatic carbocycles. The number of esters is 1. The molecule has 0 fully saturated rings. The third-order valence-electron chi connectivity index (χ3n) is 2.54. The first-order chi connectivity index (χ1) is 7.83. The lowest BCUT2D eigenvalue weighted by Gasteiger charge is -2.13. The van der Waals surface area contributed by atoms with E-state index >= 15 is 0 Å². The molecule has 16 heavy (non-hydrogen) atoms. The van der Waals surface area contributed by atoms with Gasteiger partial charge in [0.2, 0.25) is 5.76 Å². The molecule has 0 aliphatic carbocycles. The maximum Gasteiger partial charge on any atom is 0.374 e. The fourth-order valence-corrected chi connectivity index (χ4v) is 1.78. The van der Waals surface area contributed by atoms with Crippen LogP contribution in [0.3, 0.4) is 0 Å². The minimum Gasteiger partial charge on any atom is -0.460 e. The fourth-order valence-electron chi connectivity index (χ4n) is 1.78. The number of hydrogen-bond donors (Lipinski definition) is 1. The zero-order chi connectivity index (χ0) is 11.4. The van der Waals surface area contributed by atoms with Gasteiger partial charge in [0.05, 0.1) is 12.9 Å². The van der Waals surface area contributed by atoms with E-state index in [1.165, 1.54) is 6.26 Å². The molecule has 1 aliphatic rings. The van der Waals surface area contributed by atoms with Crippen molar-refractivity contribution in [2.45, 2.75) is 13.3 Å². The fraction of sp³-hybridized carbons (Fsp3) is 0.417. The van der Waals surface area contributed by atoms with Crippen molar-refractivity contribution in [3.8, 4) is 0 Å². The lowest BCUT2D eigenvalue weighted by atomic mass is 10.0. The molecule has 0 amide bonds. The molecule has 0 bridgehead atoms. The minimum atomic E-state index is -0.387. The van der Waals surface area contributed by atoms with Gasteiger partial charge in [-0.25, -0.2) is 4.79 Å². The van der Waals surface area contributed by atoms with Crippen molar-refractivity contribution in [3.63, 3.8) is 0 Å². The summed E-state index contributed by atoms with van der Waals surface area (Å²) >= 11 is 0. The van der Waals surface area contributed by atoms with E-state index in [2.05, 4.69) is 11.4 Å². The molecular formula is C12H15NO3. The molecule has 2 rings (SSSR count). The van der Waals surface area contributed by atoms with Crippen LogP contribution < -0.4 is 5.32 Å². The topological polar surface area (TPSA) is 51.5 Å². The van der Waals surface area contributed by atoms with Gasteiger partial charge < -0.3 is 14.5 Å². The highest BCUT2D eigenvalue weighted by Gasteiger charge is 2.19. The average molecular weight is 221 g/mol. The van der Waals surface area contributed by atoms with Crippen LogP contribution in [0.1, 0.15) is 29.5 Å². The van der Waals surface area contributed by atoms with Crippen molar-refractivity contribution in [1.82, 2.24) is 5.32 Å². The van der Waals surface area contributed by atoms with Gasteiger partial charge in [0.1, 0.15) is 0 Å². The van der Waals surface area contributed by atoms with Crippen molar-refractivity contribution in [1.29, 1.82) is 0 Å². The van der Waals surface area contributed by atoms with Gasteiger partial charge in [0, 0.05) is 12.1 Å². The second kappa shape index (κ2) is 4.99. The largest absolute Gasteiger partial charge is 0.460 e. The molecule has 4 heteroatoms. The summed E-state index contributed by atoms with van der Waals surface area (Å²) in [7, 11) is 0. The van der Waals surface area contributed by atoms with Crippen LogP contribution in [0.25, 0.3) is 5.57 Å². The molecule has 1 aromatic heterocycles. The van der Waals surface area contributed by atoms with Crippen molar-refractivity contribution in [2.24, 2.45) is 0 Å². The summed E-state index contributed by atoms with van der Waals surface area (Å²) in [4.78, 5) is 11.6. The highest BCUT2D eigenvalue weighted by Crippen LogP contribution is 2.25. The van der Waals surface area contributed by atoms with E-state index in [1.807, 2.05) is 6.07 Å². The first kappa shape index (κ1) is 11.0. The van der Waals surface area contributed by atoms with Gasteiger partial charge in [-0.1, -0.05) is 6.08 Å². The van der Waals surface area contributed by atoms with Crippen LogP contribution in [0.15, 0.2) is 22.8 Å². The van der Waals surface area contributed by atoms with E-state index in [4.69, 9.17) is 9.15 Å². The number of nitrogens with one attached hydrogen (secondary N) is 1. The Morgan fingerprint density at radius 1 is 1.62 bits per heavy atom. The lowest BCUT2D eigenvalue weighted by molar-refractivity contribution is 0.0489. The van der Waals surface area contributed by atoms with Crippen LogP contribution in [0.4, 0.5) is 0 Å². The third kappa shape index (κ3) is 2.17. The van der Waals surface area contributed by atoms with E-state index in [-0.39, 0.29) is 5.97 Å². The maximum atomic E-state index is 11.6. The van der Waals surface area contributed by atoms with Gasteiger partial charge in [-0.15, -0.1) is 0 Å². The van der Waals surface area contributed by atoms with Gasteiger partial charge in [0.25, 0.3) is 0 Å². The summed E-state index contributed by atoms with van der Waals surface area (Å²) < 4.78 is 10.1. The average Bonchev–Trinajstić information content (AvgIpc) is 2.79. The molecule has 0 unspecified atom stereocenters. The molecule has 4 nitrogen and oxygen atoms in total. The smallest absolute Gasteiger partial charge is 0.374 e. The SMILES string of the molecule is CCOC(=O)c1occc1C1=CCNCC1. The molecular weight excluding hydrogens is 206 g/mol. The minimum absolute atomic E-state index is 0.315. The molecule has 1 aliphatic heterocycles. The Kier molecular flexibility index (Phi) is 3.41. The van der Waals surface area contributed by atoms with Crippen molar-refractivity contribution < 1.29 is 13.9 Å². The molecule has 0 spiro atoms. The number of carbonyl (C=O) groups is 1. The highest BCUT2D eigenvalue weighted by atomic mass is 16.5. The first-order valence-electron chi connectivity index (χ1n) is 5.47. The predicted octanol–water partition coefficient (Wildman–Crippen LogP) is 1.83. The van der Waals surface area contributed by atoms with Crippen molar-refractivity contribution in [3.05, 3.63) is 29.7 Å². The molecule has 0 saturated heterocycles. The Balaban J connectivity index is 2.24. The Bertz CT molecular complexity index is 406. The maximum absolute atomic E-state index is 11.6. The van der Waals surface area contributed by atoms with E-state index in [9.17, 15) is 4.79 Å².